The number of amides is 1. The lowest BCUT2D eigenvalue weighted by Crippen LogP contribution is -2.38. The largest absolute Gasteiger partial charge is 0.355 e. The van der Waals surface area contributed by atoms with Crippen LogP contribution in [0.5, 0.6) is 0 Å². The number of fused-ring (bicyclic) bond motifs is 1. The molecule has 8 heteroatoms. The van der Waals surface area contributed by atoms with Crippen molar-refractivity contribution in [1.82, 2.24) is 15.4 Å². The Labute approximate surface area is 156 Å². The lowest BCUT2D eigenvalue weighted by molar-refractivity contribution is -0.121. The summed E-state index contributed by atoms with van der Waals surface area (Å²) < 4.78 is 27.2. The molecule has 142 valence electrons. The van der Waals surface area contributed by atoms with Crippen LogP contribution in [-0.4, -0.2) is 40.5 Å². The van der Waals surface area contributed by atoms with Gasteiger partial charge >= 0.3 is 0 Å². The molecule has 0 fully saturated rings. The molecule has 3 N–H and O–H groups in total. The number of carbonyl (C=O) groups is 1. The van der Waals surface area contributed by atoms with E-state index in [1.54, 1.807) is 12.1 Å². The second-order valence-electron chi connectivity index (χ2n) is 6.28. The summed E-state index contributed by atoms with van der Waals surface area (Å²) >= 11 is 0. The van der Waals surface area contributed by atoms with Crippen LogP contribution in [0.2, 0.25) is 0 Å². The van der Waals surface area contributed by atoms with Crippen molar-refractivity contribution in [1.29, 1.82) is 0 Å². The number of rotatable bonds is 8. The van der Waals surface area contributed by atoms with E-state index in [9.17, 15) is 13.2 Å². The SMILES string of the molecule is CNC(C)CNC(=O)CCNS(=O)(=O)c1ccc2c(c1)CCCC2.Cl. The number of hydrogen-bond acceptors (Lipinski definition) is 4. The molecule has 1 aliphatic rings. The Kier molecular flexibility index (Phi) is 8.85. The van der Waals surface area contributed by atoms with Crippen LogP contribution < -0.4 is 15.4 Å². The summed E-state index contributed by atoms with van der Waals surface area (Å²) in [5, 5.41) is 5.78. The molecule has 0 aromatic heterocycles. The summed E-state index contributed by atoms with van der Waals surface area (Å²) in [6.45, 7) is 2.57. The van der Waals surface area contributed by atoms with Crippen LogP contribution >= 0.6 is 12.4 Å². The van der Waals surface area contributed by atoms with Crippen molar-refractivity contribution in [3.63, 3.8) is 0 Å². The van der Waals surface area contributed by atoms with Crippen LogP contribution in [0.4, 0.5) is 0 Å². The maximum absolute atomic E-state index is 12.4. The Morgan fingerprint density at radius 2 is 1.88 bits per heavy atom. The lowest BCUT2D eigenvalue weighted by atomic mass is 9.92. The Hall–Kier alpha value is -1.15. The molecular formula is C17H28ClN3O3S. The van der Waals surface area contributed by atoms with Gasteiger partial charge in [-0.2, -0.15) is 0 Å². The molecular weight excluding hydrogens is 362 g/mol. The minimum Gasteiger partial charge on any atom is -0.355 e. The first-order chi connectivity index (χ1) is 11.4. The highest BCUT2D eigenvalue weighted by Gasteiger charge is 2.17. The van der Waals surface area contributed by atoms with Gasteiger partial charge in [0.05, 0.1) is 4.90 Å². The van der Waals surface area contributed by atoms with E-state index < -0.39 is 10.0 Å². The monoisotopic (exact) mass is 389 g/mol. The van der Waals surface area contributed by atoms with Crippen molar-refractivity contribution in [3.05, 3.63) is 29.3 Å². The molecule has 0 aliphatic heterocycles. The summed E-state index contributed by atoms with van der Waals surface area (Å²) in [5.41, 5.74) is 2.38. The first kappa shape index (κ1) is 21.9. The normalized spacial score (nSPS) is 15.0. The lowest BCUT2D eigenvalue weighted by Gasteiger charge is -2.17. The van der Waals surface area contributed by atoms with Gasteiger partial charge in [-0.15, -0.1) is 12.4 Å². The van der Waals surface area contributed by atoms with E-state index in [0.717, 1.165) is 24.8 Å². The highest BCUT2D eigenvalue weighted by atomic mass is 35.5. The minimum atomic E-state index is -3.57. The first-order valence-corrected chi connectivity index (χ1v) is 9.96. The molecule has 2 rings (SSSR count). The molecule has 0 saturated carbocycles. The molecule has 6 nitrogen and oxygen atoms in total. The maximum Gasteiger partial charge on any atom is 0.240 e. The number of carbonyl (C=O) groups excluding carboxylic acids is 1. The van der Waals surface area contributed by atoms with Gasteiger partial charge in [-0.1, -0.05) is 6.07 Å². The number of nitrogens with one attached hydrogen (secondary N) is 3. The Morgan fingerprint density at radius 3 is 2.56 bits per heavy atom. The fraction of sp³-hybridized carbons (Fsp3) is 0.588. The van der Waals surface area contributed by atoms with E-state index >= 15 is 0 Å². The second-order valence-corrected chi connectivity index (χ2v) is 8.05. The minimum absolute atomic E-state index is 0. The molecule has 1 atom stereocenters. The Morgan fingerprint density at radius 1 is 1.20 bits per heavy atom. The number of halogens is 1. The number of likely N-dealkylation sites (N-methyl/N-ethyl adjacent to an activating group) is 1. The molecule has 25 heavy (non-hydrogen) atoms. The van der Waals surface area contributed by atoms with Gasteiger partial charge in [-0.25, -0.2) is 13.1 Å². The number of benzene rings is 1. The van der Waals surface area contributed by atoms with Crippen molar-refractivity contribution < 1.29 is 13.2 Å². The van der Waals surface area contributed by atoms with Gasteiger partial charge in [-0.3, -0.25) is 4.79 Å². The second kappa shape index (κ2) is 10.1. The van der Waals surface area contributed by atoms with Gasteiger partial charge in [0, 0.05) is 25.6 Å². The fourth-order valence-corrected chi connectivity index (χ4v) is 3.80. The van der Waals surface area contributed by atoms with Crippen molar-refractivity contribution in [2.75, 3.05) is 20.1 Å². The van der Waals surface area contributed by atoms with Crippen LogP contribution in [0.1, 0.15) is 37.3 Å². The standard InChI is InChI=1S/C17H27N3O3S.ClH/c1-13(18-2)12-19-17(21)9-10-20-24(22,23)16-8-7-14-5-3-4-6-15(14)11-16;/h7-8,11,13,18,20H,3-6,9-10,12H2,1-2H3,(H,19,21);1H. The Balaban J connectivity index is 0.00000312. The molecule has 0 heterocycles. The topological polar surface area (TPSA) is 87.3 Å². The molecule has 0 radical (unpaired) electrons. The average Bonchev–Trinajstić information content (AvgIpc) is 2.59. The third-order valence-corrected chi connectivity index (χ3v) is 5.83. The Bertz CT molecular complexity index is 680. The van der Waals surface area contributed by atoms with Crippen molar-refractivity contribution in [3.8, 4) is 0 Å². The quantitative estimate of drug-likeness (QED) is 0.626. The van der Waals surface area contributed by atoms with E-state index in [2.05, 4.69) is 15.4 Å². The van der Waals surface area contributed by atoms with Gasteiger partial charge in [0.25, 0.3) is 0 Å². The zero-order chi connectivity index (χ0) is 17.6. The number of hydrogen-bond donors (Lipinski definition) is 3. The molecule has 1 aromatic rings. The van der Waals surface area contributed by atoms with Crippen LogP contribution in [0.25, 0.3) is 0 Å². The molecule has 0 bridgehead atoms. The van der Waals surface area contributed by atoms with E-state index in [0.29, 0.717) is 6.54 Å². The third-order valence-electron chi connectivity index (χ3n) is 4.37. The highest BCUT2D eigenvalue weighted by molar-refractivity contribution is 7.89. The van der Waals surface area contributed by atoms with Crippen LogP contribution in [-0.2, 0) is 27.7 Å². The van der Waals surface area contributed by atoms with E-state index in [4.69, 9.17) is 0 Å². The number of sulfonamides is 1. The zero-order valence-corrected chi connectivity index (χ0v) is 16.4. The average molecular weight is 390 g/mol. The molecule has 1 amide bonds. The van der Waals surface area contributed by atoms with Crippen molar-refractivity contribution >= 4 is 28.3 Å². The maximum atomic E-state index is 12.4. The van der Waals surface area contributed by atoms with Gasteiger partial charge in [-0.05, 0) is 62.9 Å². The predicted octanol–water partition coefficient (Wildman–Crippen LogP) is 1.38. The van der Waals surface area contributed by atoms with Crippen molar-refractivity contribution in [2.45, 2.75) is 50.0 Å². The summed E-state index contributed by atoms with van der Waals surface area (Å²) in [4.78, 5) is 12.0. The third kappa shape index (κ3) is 6.58. The van der Waals surface area contributed by atoms with Gasteiger partial charge < -0.3 is 10.6 Å². The zero-order valence-electron chi connectivity index (χ0n) is 14.8. The van der Waals surface area contributed by atoms with Gasteiger partial charge in [0.1, 0.15) is 0 Å². The van der Waals surface area contributed by atoms with Gasteiger partial charge in [0.2, 0.25) is 15.9 Å². The van der Waals surface area contributed by atoms with E-state index in [1.165, 1.54) is 12.0 Å². The number of aryl methyl sites for hydroxylation is 2. The molecule has 0 saturated heterocycles. The van der Waals surface area contributed by atoms with Crippen LogP contribution in [0, 0.1) is 0 Å². The summed E-state index contributed by atoms with van der Waals surface area (Å²) in [6, 6.07) is 5.52. The first-order valence-electron chi connectivity index (χ1n) is 8.48. The summed E-state index contributed by atoms with van der Waals surface area (Å²) in [5.74, 6) is -0.162. The van der Waals surface area contributed by atoms with Crippen molar-refractivity contribution in [2.24, 2.45) is 0 Å². The highest BCUT2D eigenvalue weighted by Crippen LogP contribution is 2.23. The van der Waals surface area contributed by atoms with E-state index in [-0.39, 0.29) is 42.2 Å². The fourth-order valence-electron chi connectivity index (χ4n) is 2.72. The predicted molar refractivity (Wildman–Crippen MR) is 102 cm³/mol. The van der Waals surface area contributed by atoms with Crippen LogP contribution in [0.15, 0.2) is 23.1 Å². The molecule has 0 spiro atoms. The van der Waals surface area contributed by atoms with E-state index in [1.807, 2.05) is 20.0 Å². The van der Waals surface area contributed by atoms with Gasteiger partial charge in [0.15, 0.2) is 0 Å². The smallest absolute Gasteiger partial charge is 0.240 e. The summed E-state index contributed by atoms with van der Waals surface area (Å²) in [7, 11) is -1.74. The molecule has 1 aromatic carbocycles. The van der Waals surface area contributed by atoms with Crippen LogP contribution in [0.3, 0.4) is 0 Å². The molecule has 1 aliphatic carbocycles. The summed E-state index contributed by atoms with van der Waals surface area (Å²) in [6.07, 6.45) is 4.35. The molecule has 1 unspecified atom stereocenters.